The van der Waals surface area contributed by atoms with Crippen LogP contribution in [0.3, 0.4) is 0 Å². The second-order valence-electron chi connectivity index (χ2n) is 7.98. The summed E-state index contributed by atoms with van der Waals surface area (Å²) in [6.45, 7) is 11.1. The lowest BCUT2D eigenvalue weighted by molar-refractivity contribution is 0.0501. The Bertz CT molecular complexity index is 298. The molecule has 0 aromatic heterocycles. The summed E-state index contributed by atoms with van der Waals surface area (Å²) >= 11 is 0. The van der Waals surface area contributed by atoms with Gasteiger partial charge in [-0.05, 0) is 56.8 Å². The zero-order valence-corrected chi connectivity index (χ0v) is 12.5. The molecule has 3 aliphatic rings. The fourth-order valence-electron chi connectivity index (χ4n) is 4.10. The van der Waals surface area contributed by atoms with Gasteiger partial charge in [0, 0.05) is 31.2 Å². The molecule has 0 radical (unpaired) electrons. The smallest absolute Gasteiger partial charge is 0.0309 e. The molecule has 18 heavy (non-hydrogen) atoms. The Labute approximate surface area is 113 Å². The van der Waals surface area contributed by atoms with Crippen LogP contribution in [0, 0.1) is 11.3 Å². The van der Waals surface area contributed by atoms with E-state index in [1.54, 1.807) is 0 Å². The zero-order valence-electron chi connectivity index (χ0n) is 12.5. The van der Waals surface area contributed by atoms with Crippen LogP contribution in [0.4, 0.5) is 0 Å². The van der Waals surface area contributed by atoms with Crippen molar-refractivity contribution in [2.75, 3.05) is 19.6 Å². The van der Waals surface area contributed by atoms with E-state index in [1.165, 1.54) is 58.2 Å². The van der Waals surface area contributed by atoms with Gasteiger partial charge >= 0.3 is 0 Å². The highest BCUT2D eigenvalue weighted by molar-refractivity contribution is 5.03. The molecule has 1 saturated heterocycles. The minimum Gasteiger partial charge on any atom is -0.309 e. The Morgan fingerprint density at radius 1 is 1.00 bits per heavy atom. The van der Waals surface area contributed by atoms with Crippen LogP contribution in [0.25, 0.3) is 0 Å². The molecular weight excluding hydrogens is 220 g/mol. The quantitative estimate of drug-likeness (QED) is 0.810. The average molecular weight is 250 g/mol. The van der Waals surface area contributed by atoms with Crippen LogP contribution < -0.4 is 5.32 Å². The van der Waals surface area contributed by atoms with Crippen molar-refractivity contribution in [3.63, 3.8) is 0 Å². The molecule has 0 amide bonds. The average Bonchev–Trinajstić information content (AvgIpc) is 3.13. The summed E-state index contributed by atoms with van der Waals surface area (Å²) in [4.78, 5) is 2.81. The SMILES string of the molecule is CC1(C)CCC(N2CCNC(C)(C3CC3)C2)CC1. The van der Waals surface area contributed by atoms with Gasteiger partial charge in [0.1, 0.15) is 0 Å². The molecule has 1 atom stereocenters. The molecule has 0 spiro atoms. The fourth-order valence-corrected chi connectivity index (χ4v) is 4.10. The Morgan fingerprint density at radius 2 is 1.67 bits per heavy atom. The first-order valence-corrected chi connectivity index (χ1v) is 7.98. The van der Waals surface area contributed by atoms with Crippen molar-refractivity contribution < 1.29 is 0 Å². The molecule has 2 saturated carbocycles. The maximum Gasteiger partial charge on any atom is 0.0309 e. The van der Waals surface area contributed by atoms with Gasteiger partial charge < -0.3 is 5.32 Å². The number of nitrogens with zero attached hydrogens (tertiary/aromatic N) is 1. The second kappa shape index (κ2) is 4.49. The van der Waals surface area contributed by atoms with Gasteiger partial charge in [-0.3, -0.25) is 4.90 Å². The first kappa shape index (κ1) is 12.9. The third-order valence-corrected chi connectivity index (χ3v) is 5.76. The number of hydrogen-bond acceptors (Lipinski definition) is 2. The highest BCUT2D eigenvalue weighted by Crippen LogP contribution is 2.42. The third-order valence-electron chi connectivity index (χ3n) is 5.76. The van der Waals surface area contributed by atoms with Crippen molar-refractivity contribution in [3.8, 4) is 0 Å². The van der Waals surface area contributed by atoms with Gasteiger partial charge in [-0.2, -0.15) is 0 Å². The lowest BCUT2D eigenvalue weighted by Gasteiger charge is -2.48. The van der Waals surface area contributed by atoms with Crippen LogP contribution in [-0.2, 0) is 0 Å². The number of nitrogens with one attached hydrogen (secondary N) is 1. The van der Waals surface area contributed by atoms with Gasteiger partial charge in [0.05, 0.1) is 0 Å². The molecule has 0 aromatic carbocycles. The van der Waals surface area contributed by atoms with E-state index < -0.39 is 0 Å². The summed E-state index contributed by atoms with van der Waals surface area (Å²) in [5.74, 6) is 0.959. The highest BCUT2D eigenvalue weighted by Gasteiger charge is 2.45. The van der Waals surface area contributed by atoms with Crippen LogP contribution in [-0.4, -0.2) is 36.1 Å². The van der Waals surface area contributed by atoms with Gasteiger partial charge in [0.25, 0.3) is 0 Å². The van der Waals surface area contributed by atoms with Gasteiger partial charge in [0.15, 0.2) is 0 Å². The summed E-state index contributed by atoms with van der Waals surface area (Å²) in [6, 6.07) is 0.873. The Morgan fingerprint density at radius 3 is 2.28 bits per heavy atom. The summed E-state index contributed by atoms with van der Waals surface area (Å²) in [6.07, 6.45) is 8.59. The van der Waals surface area contributed by atoms with Crippen LogP contribution in [0.1, 0.15) is 59.3 Å². The highest BCUT2D eigenvalue weighted by atomic mass is 15.2. The number of piperazine rings is 1. The molecule has 3 fully saturated rings. The van der Waals surface area contributed by atoms with Crippen LogP contribution in [0.5, 0.6) is 0 Å². The topological polar surface area (TPSA) is 15.3 Å². The molecule has 2 heteroatoms. The van der Waals surface area contributed by atoms with E-state index >= 15 is 0 Å². The Kier molecular flexibility index (Phi) is 3.22. The van der Waals surface area contributed by atoms with E-state index in [2.05, 4.69) is 31.0 Å². The molecule has 104 valence electrons. The summed E-state index contributed by atoms with van der Waals surface area (Å²) < 4.78 is 0. The normalized spacial score (nSPS) is 38.8. The van der Waals surface area contributed by atoms with Crippen molar-refractivity contribution in [2.24, 2.45) is 11.3 Å². The molecule has 1 unspecified atom stereocenters. The molecule has 1 N–H and O–H groups in total. The van der Waals surface area contributed by atoms with Crippen molar-refractivity contribution in [3.05, 3.63) is 0 Å². The lowest BCUT2D eigenvalue weighted by atomic mass is 9.75. The van der Waals surface area contributed by atoms with Crippen molar-refractivity contribution in [1.82, 2.24) is 10.2 Å². The van der Waals surface area contributed by atoms with Gasteiger partial charge in [-0.25, -0.2) is 0 Å². The zero-order chi connectivity index (χ0) is 12.8. The van der Waals surface area contributed by atoms with Crippen molar-refractivity contribution >= 4 is 0 Å². The molecule has 2 nitrogen and oxygen atoms in total. The minimum atomic E-state index is 0.422. The Hall–Kier alpha value is -0.0800. The summed E-state index contributed by atoms with van der Waals surface area (Å²) in [5, 5.41) is 3.80. The van der Waals surface area contributed by atoms with Gasteiger partial charge in [-0.1, -0.05) is 13.8 Å². The molecule has 2 aliphatic carbocycles. The number of hydrogen-bond donors (Lipinski definition) is 1. The van der Waals surface area contributed by atoms with E-state index in [0.29, 0.717) is 11.0 Å². The molecule has 0 bridgehead atoms. The largest absolute Gasteiger partial charge is 0.309 e. The summed E-state index contributed by atoms with van der Waals surface area (Å²) in [7, 11) is 0. The van der Waals surface area contributed by atoms with Crippen LogP contribution in [0.2, 0.25) is 0 Å². The monoisotopic (exact) mass is 250 g/mol. The van der Waals surface area contributed by atoms with Gasteiger partial charge in [0.2, 0.25) is 0 Å². The summed E-state index contributed by atoms with van der Waals surface area (Å²) in [5.41, 5.74) is 1.02. The molecule has 1 aliphatic heterocycles. The maximum atomic E-state index is 3.80. The lowest BCUT2D eigenvalue weighted by Crippen LogP contribution is -2.62. The standard InChI is InChI=1S/C16H30N2/c1-15(2)8-6-14(7-9-15)18-11-10-17-16(3,12-18)13-4-5-13/h13-14,17H,4-12H2,1-3H3. The van der Waals surface area contributed by atoms with Crippen LogP contribution >= 0.6 is 0 Å². The van der Waals surface area contributed by atoms with Crippen LogP contribution in [0.15, 0.2) is 0 Å². The van der Waals surface area contributed by atoms with E-state index in [-0.39, 0.29) is 0 Å². The minimum absolute atomic E-state index is 0.422. The Balaban J connectivity index is 1.59. The van der Waals surface area contributed by atoms with Crippen molar-refractivity contribution in [1.29, 1.82) is 0 Å². The molecule has 1 heterocycles. The van der Waals surface area contributed by atoms with E-state index in [9.17, 15) is 0 Å². The van der Waals surface area contributed by atoms with E-state index in [0.717, 1.165) is 12.0 Å². The predicted molar refractivity (Wildman–Crippen MR) is 76.7 cm³/mol. The fraction of sp³-hybridized carbons (Fsp3) is 1.00. The number of rotatable bonds is 2. The molecular formula is C16H30N2. The van der Waals surface area contributed by atoms with Gasteiger partial charge in [-0.15, -0.1) is 0 Å². The third kappa shape index (κ3) is 2.60. The van der Waals surface area contributed by atoms with Crippen molar-refractivity contribution in [2.45, 2.75) is 70.9 Å². The first-order chi connectivity index (χ1) is 8.49. The predicted octanol–water partition coefficient (Wildman–Crippen LogP) is 3.03. The van der Waals surface area contributed by atoms with E-state index in [1.807, 2.05) is 0 Å². The second-order valence-corrected chi connectivity index (χ2v) is 7.98. The maximum absolute atomic E-state index is 3.80. The first-order valence-electron chi connectivity index (χ1n) is 7.98. The molecule has 3 rings (SSSR count). The molecule has 0 aromatic rings. The van der Waals surface area contributed by atoms with E-state index in [4.69, 9.17) is 0 Å².